The predicted molar refractivity (Wildman–Crippen MR) is 107 cm³/mol. The summed E-state index contributed by atoms with van der Waals surface area (Å²) in [5.41, 5.74) is -1.53. The van der Waals surface area contributed by atoms with Crippen molar-refractivity contribution in [3.63, 3.8) is 0 Å². The van der Waals surface area contributed by atoms with E-state index in [-0.39, 0.29) is 18.8 Å². The molecule has 0 bridgehead atoms. The minimum Gasteiger partial charge on any atom is -0.481 e. The third-order valence-corrected chi connectivity index (χ3v) is 3.37. The van der Waals surface area contributed by atoms with Gasteiger partial charge in [0.1, 0.15) is 23.3 Å². The van der Waals surface area contributed by atoms with Crippen molar-refractivity contribution in [1.29, 1.82) is 0 Å². The number of amides is 2. The smallest absolute Gasteiger partial charge is 0.408 e. The lowest BCUT2D eigenvalue weighted by Crippen LogP contribution is -2.53. The zero-order valence-corrected chi connectivity index (χ0v) is 18.8. The van der Waals surface area contributed by atoms with E-state index in [1.165, 1.54) is 0 Å². The van der Waals surface area contributed by atoms with Crippen molar-refractivity contribution in [3.8, 4) is 0 Å². The first-order valence-corrected chi connectivity index (χ1v) is 9.74. The minimum absolute atomic E-state index is 0.0692. The van der Waals surface area contributed by atoms with Gasteiger partial charge in [-0.3, -0.25) is 9.59 Å². The van der Waals surface area contributed by atoms with E-state index < -0.39 is 47.2 Å². The highest BCUT2D eigenvalue weighted by Gasteiger charge is 2.31. The highest BCUT2D eigenvalue weighted by molar-refractivity contribution is 5.90. The molecule has 0 aliphatic carbocycles. The van der Waals surface area contributed by atoms with Crippen LogP contribution in [0.2, 0.25) is 0 Å². The van der Waals surface area contributed by atoms with E-state index in [1.54, 1.807) is 41.5 Å². The number of carbonyl (C=O) groups excluding carboxylic acids is 3. The van der Waals surface area contributed by atoms with E-state index in [9.17, 15) is 19.2 Å². The van der Waals surface area contributed by atoms with Crippen LogP contribution >= 0.6 is 0 Å². The Labute approximate surface area is 172 Å². The molecule has 0 saturated carbocycles. The van der Waals surface area contributed by atoms with Gasteiger partial charge in [0.2, 0.25) is 5.91 Å². The van der Waals surface area contributed by atoms with E-state index in [4.69, 9.17) is 14.6 Å². The summed E-state index contributed by atoms with van der Waals surface area (Å²) >= 11 is 0. The summed E-state index contributed by atoms with van der Waals surface area (Å²) in [6, 6.07) is -2.09. The molecule has 9 nitrogen and oxygen atoms in total. The first-order valence-electron chi connectivity index (χ1n) is 9.74. The maximum Gasteiger partial charge on any atom is 0.408 e. The van der Waals surface area contributed by atoms with Crippen LogP contribution in [0.25, 0.3) is 0 Å². The maximum absolute atomic E-state index is 12.8. The summed E-state index contributed by atoms with van der Waals surface area (Å²) in [7, 11) is 0. The van der Waals surface area contributed by atoms with Gasteiger partial charge in [-0.2, -0.15) is 0 Å². The second-order valence-corrected chi connectivity index (χ2v) is 9.36. The number of rotatable bonds is 9. The molecule has 0 spiro atoms. The first kappa shape index (κ1) is 26.7. The number of carboxylic acids is 1. The molecule has 0 radical (unpaired) electrons. The fourth-order valence-corrected chi connectivity index (χ4v) is 2.31. The second kappa shape index (κ2) is 11.0. The largest absolute Gasteiger partial charge is 0.481 e. The van der Waals surface area contributed by atoms with Crippen LogP contribution < -0.4 is 10.6 Å². The third-order valence-electron chi connectivity index (χ3n) is 3.37. The van der Waals surface area contributed by atoms with Crippen LogP contribution in [0.3, 0.4) is 0 Å². The lowest BCUT2D eigenvalue weighted by Gasteiger charge is -2.27. The average molecular weight is 417 g/mol. The van der Waals surface area contributed by atoms with Gasteiger partial charge in [0.25, 0.3) is 0 Å². The summed E-state index contributed by atoms with van der Waals surface area (Å²) in [6.07, 6.45) is -0.891. The molecule has 29 heavy (non-hydrogen) atoms. The Hall–Kier alpha value is -2.32. The summed E-state index contributed by atoms with van der Waals surface area (Å²) in [4.78, 5) is 48.2. The molecule has 0 aliphatic heterocycles. The van der Waals surface area contributed by atoms with E-state index in [0.29, 0.717) is 6.42 Å². The number of nitrogens with one attached hydrogen (secondary N) is 2. The second-order valence-electron chi connectivity index (χ2n) is 9.36. The molecule has 2 atom stereocenters. The highest BCUT2D eigenvalue weighted by atomic mass is 16.6. The number of carboxylic acid groups (broad SMARTS) is 1. The molecule has 168 valence electrons. The Morgan fingerprint density at radius 1 is 0.862 bits per heavy atom. The van der Waals surface area contributed by atoms with Crippen molar-refractivity contribution in [2.24, 2.45) is 5.92 Å². The van der Waals surface area contributed by atoms with E-state index >= 15 is 0 Å². The average Bonchev–Trinajstić information content (AvgIpc) is 2.45. The molecule has 0 saturated heterocycles. The van der Waals surface area contributed by atoms with E-state index in [1.807, 2.05) is 13.8 Å². The number of carbonyl (C=O) groups is 4. The molecule has 3 N–H and O–H groups in total. The first-order chi connectivity index (χ1) is 13.0. The van der Waals surface area contributed by atoms with Gasteiger partial charge < -0.3 is 25.2 Å². The quantitative estimate of drug-likeness (QED) is 0.492. The van der Waals surface area contributed by atoms with Gasteiger partial charge in [-0.1, -0.05) is 13.8 Å². The van der Waals surface area contributed by atoms with Crippen LogP contribution in [-0.2, 0) is 23.9 Å². The molecule has 0 aromatic rings. The number of alkyl carbamates (subject to hydrolysis) is 1. The summed E-state index contributed by atoms with van der Waals surface area (Å²) < 4.78 is 10.5. The number of ether oxygens (including phenoxy) is 2. The Balaban J connectivity index is 5.33. The fourth-order valence-electron chi connectivity index (χ4n) is 2.31. The molecule has 0 fully saturated rings. The predicted octanol–water partition coefficient (Wildman–Crippen LogP) is 2.62. The standard InChI is InChI=1S/C20H36N2O7/c1-12(2)11-14(22-18(27)29-20(6,7)8)16(25)21-13(9-10-15(23)24)17(26)28-19(3,4)5/h12-14H,9-11H2,1-8H3,(H,21,25)(H,22,27)(H,23,24)/t13-,14-/m1/s1. The topological polar surface area (TPSA) is 131 Å². The number of aliphatic carboxylic acids is 1. The lowest BCUT2D eigenvalue weighted by atomic mass is 10.0. The van der Waals surface area contributed by atoms with Crippen LogP contribution in [0.5, 0.6) is 0 Å². The van der Waals surface area contributed by atoms with Gasteiger partial charge in [-0.15, -0.1) is 0 Å². The maximum atomic E-state index is 12.8. The lowest BCUT2D eigenvalue weighted by molar-refractivity contribution is -0.159. The fraction of sp³-hybridized carbons (Fsp3) is 0.800. The van der Waals surface area contributed by atoms with Gasteiger partial charge in [-0.25, -0.2) is 9.59 Å². The molecule has 0 aromatic carbocycles. The van der Waals surface area contributed by atoms with Crippen molar-refractivity contribution in [3.05, 3.63) is 0 Å². The van der Waals surface area contributed by atoms with E-state index in [0.717, 1.165) is 0 Å². The van der Waals surface area contributed by atoms with Gasteiger partial charge in [0.15, 0.2) is 0 Å². The summed E-state index contributed by atoms with van der Waals surface area (Å²) in [5, 5.41) is 14.0. The Morgan fingerprint density at radius 3 is 1.79 bits per heavy atom. The van der Waals surface area contributed by atoms with Crippen molar-refractivity contribution < 1.29 is 33.8 Å². The summed E-state index contributed by atoms with van der Waals surface area (Å²) in [6.45, 7) is 13.9. The Kier molecular flexibility index (Phi) is 10.1. The highest BCUT2D eigenvalue weighted by Crippen LogP contribution is 2.13. The molecule has 0 aliphatic rings. The molecule has 0 aromatic heterocycles. The Bertz CT molecular complexity index is 589. The van der Waals surface area contributed by atoms with Gasteiger partial charge in [0.05, 0.1) is 0 Å². The zero-order valence-electron chi connectivity index (χ0n) is 18.8. The van der Waals surface area contributed by atoms with Crippen molar-refractivity contribution in [1.82, 2.24) is 10.6 Å². The molecule has 0 rings (SSSR count). The van der Waals surface area contributed by atoms with Crippen LogP contribution in [0.15, 0.2) is 0 Å². The SMILES string of the molecule is CC(C)C[C@@H](NC(=O)OC(C)(C)C)C(=O)N[C@H](CCC(=O)O)C(=O)OC(C)(C)C. The number of hydrogen-bond acceptors (Lipinski definition) is 6. The van der Waals surface area contributed by atoms with Crippen LogP contribution in [-0.4, -0.2) is 52.3 Å². The Morgan fingerprint density at radius 2 is 1.38 bits per heavy atom. The summed E-state index contributed by atoms with van der Waals surface area (Å²) in [5.74, 6) is -2.36. The molecule has 9 heteroatoms. The van der Waals surface area contributed by atoms with Crippen LogP contribution in [0.1, 0.15) is 74.7 Å². The molecule has 0 unspecified atom stereocenters. The third kappa shape index (κ3) is 13.5. The van der Waals surface area contributed by atoms with Gasteiger partial charge in [0, 0.05) is 6.42 Å². The van der Waals surface area contributed by atoms with Crippen molar-refractivity contribution in [2.45, 2.75) is 97.9 Å². The zero-order chi connectivity index (χ0) is 23.0. The van der Waals surface area contributed by atoms with Crippen LogP contribution in [0, 0.1) is 5.92 Å². The molecular formula is C20H36N2O7. The molecule has 2 amide bonds. The van der Waals surface area contributed by atoms with Gasteiger partial charge in [-0.05, 0) is 60.3 Å². The molecule has 0 heterocycles. The van der Waals surface area contributed by atoms with Crippen molar-refractivity contribution in [2.75, 3.05) is 0 Å². The van der Waals surface area contributed by atoms with E-state index in [2.05, 4.69) is 10.6 Å². The van der Waals surface area contributed by atoms with Crippen molar-refractivity contribution >= 4 is 23.9 Å². The normalized spacial score (nSPS) is 14.0. The minimum atomic E-state index is -1.15. The number of esters is 1. The molecular weight excluding hydrogens is 380 g/mol. The number of hydrogen-bond donors (Lipinski definition) is 3. The van der Waals surface area contributed by atoms with Gasteiger partial charge >= 0.3 is 18.0 Å². The van der Waals surface area contributed by atoms with Crippen LogP contribution in [0.4, 0.5) is 4.79 Å². The monoisotopic (exact) mass is 416 g/mol.